The van der Waals surface area contributed by atoms with Crippen molar-refractivity contribution >= 4 is 29.6 Å². The van der Waals surface area contributed by atoms with E-state index in [0.29, 0.717) is 46.7 Å². The highest BCUT2D eigenvalue weighted by Gasteiger charge is 2.28. The van der Waals surface area contributed by atoms with E-state index in [1.54, 1.807) is 18.2 Å². The lowest BCUT2D eigenvalue weighted by Gasteiger charge is -2.40. The number of methoxy groups -OCH3 is 1. The Morgan fingerprint density at radius 2 is 2.05 bits per heavy atom. The molecule has 202 valence electrons. The van der Waals surface area contributed by atoms with Crippen LogP contribution in [-0.2, 0) is 33.8 Å². The summed E-state index contributed by atoms with van der Waals surface area (Å²) in [4.78, 5) is 18.5. The number of hydrogen-bond donors (Lipinski definition) is 3. The molecule has 5 rings (SSSR count). The Kier molecular flexibility index (Phi) is 8.11. The van der Waals surface area contributed by atoms with Crippen LogP contribution in [-0.4, -0.2) is 60.1 Å². The maximum atomic E-state index is 11.4. The maximum absolute atomic E-state index is 11.4. The van der Waals surface area contributed by atoms with Crippen LogP contribution in [0.25, 0.3) is 11.3 Å². The average molecular weight is 549 g/mol. The van der Waals surface area contributed by atoms with E-state index in [-0.39, 0.29) is 11.5 Å². The zero-order valence-electron chi connectivity index (χ0n) is 21.4. The fourth-order valence-electron chi connectivity index (χ4n) is 4.70. The SMILES string of the molecule is CO/C(Nc1cccc(-c2cccc(Cl)c2OCc2ccc3c(c2)CCN(C2COC2)C3)n1)=C(/C=N)C(=O)O. The van der Waals surface area contributed by atoms with Crippen molar-refractivity contribution in [1.29, 1.82) is 5.41 Å². The van der Waals surface area contributed by atoms with Crippen LogP contribution in [0.5, 0.6) is 5.75 Å². The minimum absolute atomic E-state index is 0.0960. The minimum Gasteiger partial charge on any atom is -0.487 e. The molecule has 0 saturated carbocycles. The standard InChI is InChI=1S/C29H29ClN4O5/c1-37-28(23(13-31)29(35)36)33-26-7-3-6-25(32-26)22-4-2-5-24(30)27(22)39-15-18-8-9-20-14-34(21-16-38-17-21)11-10-19(20)12-18/h2-9,12-13,21,31H,10-11,14-17H2,1H3,(H,32,33)(H,35,36)/b28-23-,31-13?. The second-order valence-corrected chi connectivity index (χ2v) is 9.76. The number of carboxylic acids is 1. The van der Waals surface area contributed by atoms with E-state index >= 15 is 0 Å². The van der Waals surface area contributed by atoms with Gasteiger partial charge >= 0.3 is 5.97 Å². The van der Waals surface area contributed by atoms with Crippen LogP contribution in [0.4, 0.5) is 5.82 Å². The van der Waals surface area contributed by atoms with Crippen LogP contribution in [0.1, 0.15) is 16.7 Å². The van der Waals surface area contributed by atoms with Gasteiger partial charge in [0.15, 0.2) is 0 Å². The summed E-state index contributed by atoms with van der Waals surface area (Å²) in [6.45, 7) is 3.98. The molecule has 9 nitrogen and oxygen atoms in total. The highest BCUT2D eigenvalue weighted by molar-refractivity contribution is 6.32. The number of rotatable bonds is 10. The van der Waals surface area contributed by atoms with Gasteiger partial charge in [-0.2, -0.15) is 0 Å². The predicted octanol–water partition coefficient (Wildman–Crippen LogP) is 4.74. The molecule has 1 saturated heterocycles. The van der Waals surface area contributed by atoms with Gasteiger partial charge in [-0.1, -0.05) is 41.9 Å². The number of carbonyl (C=O) groups is 1. The van der Waals surface area contributed by atoms with Crippen molar-refractivity contribution in [3.8, 4) is 17.0 Å². The second kappa shape index (κ2) is 11.9. The summed E-state index contributed by atoms with van der Waals surface area (Å²) < 4.78 is 16.8. The third-order valence-corrected chi connectivity index (χ3v) is 7.19. The first-order valence-electron chi connectivity index (χ1n) is 12.6. The van der Waals surface area contributed by atoms with Crippen LogP contribution in [0, 0.1) is 5.41 Å². The molecule has 39 heavy (non-hydrogen) atoms. The Morgan fingerprint density at radius 1 is 1.23 bits per heavy atom. The van der Waals surface area contributed by atoms with E-state index in [9.17, 15) is 9.90 Å². The molecule has 2 aliphatic rings. The maximum Gasteiger partial charge on any atom is 0.342 e. The summed E-state index contributed by atoms with van der Waals surface area (Å²) in [5.41, 5.74) is 4.70. The van der Waals surface area contributed by atoms with Crippen molar-refractivity contribution in [2.45, 2.75) is 25.6 Å². The summed E-state index contributed by atoms with van der Waals surface area (Å²) >= 11 is 6.57. The zero-order chi connectivity index (χ0) is 27.4. The predicted molar refractivity (Wildman–Crippen MR) is 148 cm³/mol. The van der Waals surface area contributed by atoms with Gasteiger partial charge in [-0.25, -0.2) is 9.78 Å². The number of para-hydroxylation sites is 1. The fraction of sp³-hybridized carbons (Fsp3) is 0.276. The summed E-state index contributed by atoms with van der Waals surface area (Å²) in [7, 11) is 1.32. The Balaban J connectivity index is 1.34. The van der Waals surface area contributed by atoms with Gasteiger partial charge in [0.05, 0.1) is 37.1 Å². The van der Waals surface area contributed by atoms with E-state index in [4.69, 9.17) is 31.2 Å². The van der Waals surface area contributed by atoms with E-state index in [2.05, 4.69) is 33.4 Å². The Morgan fingerprint density at radius 3 is 2.77 bits per heavy atom. The lowest BCUT2D eigenvalue weighted by molar-refractivity contribution is -0.132. The molecule has 0 bridgehead atoms. The minimum atomic E-state index is -1.29. The van der Waals surface area contributed by atoms with Crippen molar-refractivity contribution < 1.29 is 24.1 Å². The van der Waals surface area contributed by atoms with Crippen molar-refractivity contribution in [3.05, 3.63) is 87.8 Å². The molecule has 2 aliphatic heterocycles. The number of benzene rings is 2. The number of halogens is 1. The fourth-order valence-corrected chi connectivity index (χ4v) is 4.93. The molecule has 3 heterocycles. The van der Waals surface area contributed by atoms with E-state index in [0.717, 1.165) is 38.3 Å². The number of anilines is 1. The molecule has 10 heteroatoms. The smallest absolute Gasteiger partial charge is 0.342 e. The van der Waals surface area contributed by atoms with Gasteiger partial charge in [-0.05, 0) is 47.4 Å². The van der Waals surface area contributed by atoms with Crippen LogP contribution in [0.3, 0.4) is 0 Å². The number of aromatic nitrogens is 1. The number of aliphatic carboxylic acids is 1. The van der Waals surface area contributed by atoms with Gasteiger partial charge in [0, 0.05) is 24.9 Å². The van der Waals surface area contributed by atoms with E-state index < -0.39 is 5.97 Å². The summed E-state index contributed by atoms with van der Waals surface area (Å²) in [6.07, 6.45) is 1.71. The average Bonchev–Trinajstić information content (AvgIpc) is 2.91. The van der Waals surface area contributed by atoms with Crippen molar-refractivity contribution in [3.63, 3.8) is 0 Å². The van der Waals surface area contributed by atoms with Gasteiger partial charge in [-0.15, -0.1) is 0 Å². The summed E-state index contributed by atoms with van der Waals surface area (Å²) in [5, 5.41) is 20.0. The normalized spacial score (nSPS) is 15.9. The monoisotopic (exact) mass is 548 g/mol. The van der Waals surface area contributed by atoms with Gasteiger partial charge < -0.3 is 30.0 Å². The molecule has 3 N–H and O–H groups in total. The van der Waals surface area contributed by atoms with Gasteiger partial charge in [0.1, 0.15) is 23.7 Å². The van der Waals surface area contributed by atoms with Crippen LogP contribution in [0.2, 0.25) is 5.02 Å². The topological polar surface area (TPSA) is 117 Å². The molecule has 0 amide bonds. The first kappa shape index (κ1) is 26.7. The Hall–Kier alpha value is -3.92. The van der Waals surface area contributed by atoms with Crippen LogP contribution < -0.4 is 10.1 Å². The van der Waals surface area contributed by atoms with E-state index in [1.807, 2.05) is 18.2 Å². The second-order valence-electron chi connectivity index (χ2n) is 9.35. The molecule has 3 aromatic rings. The van der Waals surface area contributed by atoms with Gasteiger partial charge in [-0.3, -0.25) is 4.90 Å². The van der Waals surface area contributed by atoms with Gasteiger partial charge in [0.25, 0.3) is 0 Å². The number of fused-ring (bicyclic) bond motifs is 1. The molecule has 0 atom stereocenters. The van der Waals surface area contributed by atoms with Gasteiger partial charge in [0.2, 0.25) is 5.88 Å². The molecule has 2 aromatic carbocycles. The summed E-state index contributed by atoms with van der Waals surface area (Å²) in [6, 6.07) is 17.7. The first-order chi connectivity index (χ1) is 19.0. The molecule has 1 aromatic heterocycles. The number of hydrogen-bond acceptors (Lipinski definition) is 8. The molecular weight excluding hydrogens is 520 g/mol. The molecular formula is C29H29ClN4O5. The van der Waals surface area contributed by atoms with Crippen LogP contribution in [0.15, 0.2) is 66.1 Å². The van der Waals surface area contributed by atoms with Crippen molar-refractivity contribution in [1.82, 2.24) is 9.88 Å². The molecule has 0 unspecified atom stereocenters. The first-order valence-corrected chi connectivity index (χ1v) is 12.9. The molecule has 0 radical (unpaired) electrons. The lowest BCUT2D eigenvalue weighted by Crippen LogP contribution is -2.50. The summed E-state index contributed by atoms with van der Waals surface area (Å²) in [5.74, 6) is -0.538. The lowest BCUT2D eigenvalue weighted by atomic mass is 9.96. The number of carboxylic acid groups (broad SMARTS) is 1. The Bertz CT molecular complexity index is 1420. The largest absolute Gasteiger partial charge is 0.487 e. The Labute approximate surface area is 231 Å². The highest BCUT2D eigenvalue weighted by atomic mass is 35.5. The number of nitrogens with one attached hydrogen (secondary N) is 2. The third-order valence-electron chi connectivity index (χ3n) is 6.89. The number of nitrogens with zero attached hydrogens (tertiary/aromatic N) is 2. The highest BCUT2D eigenvalue weighted by Crippen LogP contribution is 2.36. The third kappa shape index (κ3) is 5.90. The van der Waals surface area contributed by atoms with E-state index in [1.165, 1.54) is 18.2 Å². The number of ether oxygens (including phenoxy) is 3. The quantitative estimate of drug-likeness (QED) is 0.189. The molecule has 0 aliphatic carbocycles. The zero-order valence-corrected chi connectivity index (χ0v) is 22.2. The van der Waals surface area contributed by atoms with Crippen LogP contribution >= 0.6 is 11.6 Å². The molecule has 0 spiro atoms. The number of pyridine rings is 1. The van der Waals surface area contributed by atoms with Crippen molar-refractivity contribution in [2.75, 3.05) is 32.2 Å². The van der Waals surface area contributed by atoms with Crippen molar-refractivity contribution in [2.24, 2.45) is 0 Å². The molecule has 1 fully saturated rings.